The molecule has 0 saturated carbocycles. The summed E-state index contributed by atoms with van der Waals surface area (Å²) in [6.07, 6.45) is 4.23. The summed E-state index contributed by atoms with van der Waals surface area (Å²) < 4.78 is 23.3. The lowest BCUT2D eigenvalue weighted by Gasteiger charge is -2.30. The predicted molar refractivity (Wildman–Crippen MR) is 206 cm³/mol. The van der Waals surface area contributed by atoms with Crippen molar-refractivity contribution in [3.63, 3.8) is 0 Å². The molecule has 0 fully saturated rings. The first-order chi connectivity index (χ1) is 27.2. The van der Waals surface area contributed by atoms with Gasteiger partial charge < -0.3 is 29.2 Å². The maximum Gasteiger partial charge on any atom is 0.339 e. The van der Waals surface area contributed by atoms with E-state index in [1.165, 1.54) is 12.1 Å². The number of benzene rings is 5. The van der Waals surface area contributed by atoms with Gasteiger partial charge in [-0.25, -0.2) is 9.59 Å². The second-order valence-electron chi connectivity index (χ2n) is 14.1. The monoisotopic (exact) mass is 750 g/mol. The fourth-order valence-corrected chi connectivity index (χ4v) is 8.42. The molecule has 8 rings (SSSR count). The van der Waals surface area contributed by atoms with Crippen molar-refractivity contribution < 1.29 is 48.3 Å². The van der Waals surface area contributed by atoms with Crippen LogP contribution in [0.5, 0.6) is 11.5 Å². The molecule has 3 atom stereocenters. The van der Waals surface area contributed by atoms with E-state index in [0.717, 1.165) is 50.1 Å². The Morgan fingerprint density at radius 1 is 0.589 bits per heavy atom. The van der Waals surface area contributed by atoms with Gasteiger partial charge in [0.05, 0.1) is 28.4 Å². The molecule has 0 radical (unpaired) electrons. The van der Waals surface area contributed by atoms with Crippen molar-refractivity contribution >= 4 is 23.9 Å². The fourth-order valence-electron chi connectivity index (χ4n) is 8.42. The Morgan fingerprint density at radius 3 is 1.70 bits per heavy atom. The molecule has 282 valence electrons. The molecular weight excluding hydrogens is 712 g/mol. The summed E-state index contributed by atoms with van der Waals surface area (Å²) in [6.45, 7) is 1.77. The van der Waals surface area contributed by atoms with Crippen LogP contribution in [0.2, 0.25) is 0 Å². The Hall–Kier alpha value is -6.68. The maximum atomic E-state index is 12.8. The van der Waals surface area contributed by atoms with E-state index in [2.05, 4.69) is 30.3 Å². The average molecular weight is 751 g/mol. The van der Waals surface area contributed by atoms with Crippen LogP contribution in [-0.4, -0.2) is 60.5 Å². The number of fused-ring (bicyclic) bond motifs is 10. The van der Waals surface area contributed by atoms with Crippen molar-refractivity contribution in [2.24, 2.45) is 11.8 Å². The van der Waals surface area contributed by atoms with Crippen molar-refractivity contribution in [2.75, 3.05) is 26.4 Å². The summed E-state index contributed by atoms with van der Waals surface area (Å²) in [5.41, 5.74) is 8.44. The highest BCUT2D eigenvalue weighted by Crippen LogP contribution is 2.63. The van der Waals surface area contributed by atoms with E-state index in [9.17, 15) is 29.4 Å². The second kappa shape index (κ2) is 14.9. The van der Waals surface area contributed by atoms with Crippen LogP contribution in [0.4, 0.5) is 0 Å². The zero-order valence-corrected chi connectivity index (χ0v) is 30.5. The van der Waals surface area contributed by atoms with Crippen molar-refractivity contribution in [2.45, 2.75) is 25.2 Å². The Kier molecular flexibility index (Phi) is 9.64. The van der Waals surface area contributed by atoms with Crippen molar-refractivity contribution in [1.29, 1.82) is 0 Å². The molecule has 1 spiro atoms. The lowest BCUT2D eigenvalue weighted by Crippen LogP contribution is -2.33. The summed E-state index contributed by atoms with van der Waals surface area (Å²) in [5, 5.41) is 19.2. The number of carboxylic acids is 2. The van der Waals surface area contributed by atoms with Crippen LogP contribution < -0.4 is 9.47 Å². The molecule has 0 amide bonds. The third-order valence-electron chi connectivity index (χ3n) is 10.9. The standard InChI is InChI=1S/C46H38O10/c1-27-14-17-36(37(24-27)43(49)50)45(52)56-23-21-54-29-16-19-33-31-9-5-7-13-39(31)46(41(33)26-29)38-12-6-4-8-30(38)32-18-15-28(25-40(32)46)53-20-22-55-44(51)35-11-3-2-10-34(35)42(47)48/h2-9,12-19,24-26,34-35H,10-11,20-23H2,1H3,(H,47,48)(H,49,50). The third kappa shape index (κ3) is 6.26. The van der Waals surface area contributed by atoms with E-state index in [-0.39, 0.29) is 37.6 Å². The number of ether oxygens (including phenoxy) is 4. The minimum Gasteiger partial charge on any atom is -0.490 e. The Bertz CT molecular complexity index is 2420. The summed E-state index contributed by atoms with van der Waals surface area (Å²) >= 11 is 0. The van der Waals surface area contributed by atoms with E-state index in [4.69, 9.17) is 18.9 Å². The van der Waals surface area contributed by atoms with Gasteiger partial charge in [-0.1, -0.05) is 84.4 Å². The summed E-state index contributed by atoms with van der Waals surface area (Å²) in [6, 6.07) is 33.2. The van der Waals surface area contributed by atoms with Gasteiger partial charge in [-0.05, 0) is 101 Å². The van der Waals surface area contributed by atoms with Crippen LogP contribution in [0.1, 0.15) is 61.4 Å². The minimum atomic E-state index is -1.20. The fraction of sp³-hybridized carbons (Fsp3) is 0.217. The van der Waals surface area contributed by atoms with Crippen molar-refractivity contribution in [3.05, 3.63) is 154 Å². The Balaban J connectivity index is 1.04. The van der Waals surface area contributed by atoms with E-state index in [0.29, 0.717) is 24.3 Å². The number of aromatic carboxylic acids is 1. The topological polar surface area (TPSA) is 146 Å². The van der Waals surface area contributed by atoms with E-state index >= 15 is 0 Å². The van der Waals surface area contributed by atoms with Crippen LogP contribution in [0.3, 0.4) is 0 Å². The highest BCUT2D eigenvalue weighted by molar-refractivity contribution is 6.02. The molecule has 0 aliphatic heterocycles. The van der Waals surface area contributed by atoms with Gasteiger partial charge in [0.2, 0.25) is 0 Å². The van der Waals surface area contributed by atoms with E-state index < -0.39 is 41.1 Å². The number of carboxylic acid groups (broad SMARTS) is 2. The summed E-state index contributed by atoms with van der Waals surface area (Å²) in [4.78, 5) is 49.1. The van der Waals surface area contributed by atoms with E-state index in [1.54, 1.807) is 19.1 Å². The molecule has 5 aromatic rings. The number of esters is 2. The number of rotatable bonds is 12. The third-order valence-corrected chi connectivity index (χ3v) is 10.9. The van der Waals surface area contributed by atoms with Crippen LogP contribution in [0.15, 0.2) is 115 Å². The number of carbonyl (C=O) groups excluding carboxylic acids is 2. The summed E-state index contributed by atoms with van der Waals surface area (Å²) in [7, 11) is 0. The molecule has 3 aliphatic rings. The van der Waals surface area contributed by atoms with Gasteiger partial charge in [-0.15, -0.1) is 0 Å². The molecule has 0 aromatic heterocycles. The first-order valence-electron chi connectivity index (χ1n) is 18.5. The number of allylic oxidation sites excluding steroid dienone is 2. The lowest BCUT2D eigenvalue weighted by molar-refractivity contribution is -0.158. The predicted octanol–water partition coefficient (Wildman–Crippen LogP) is 7.86. The summed E-state index contributed by atoms with van der Waals surface area (Å²) in [5.74, 6) is -3.85. The van der Waals surface area contributed by atoms with Gasteiger partial charge in [0, 0.05) is 0 Å². The number of hydrogen-bond donors (Lipinski definition) is 2. The lowest BCUT2D eigenvalue weighted by atomic mass is 9.70. The number of hydrogen-bond acceptors (Lipinski definition) is 8. The molecule has 0 bridgehead atoms. The van der Waals surface area contributed by atoms with Gasteiger partial charge >= 0.3 is 23.9 Å². The first kappa shape index (κ1) is 36.3. The first-order valence-corrected chi connectivity index (χ1v) is 18.5. The molecular formula is C46H38O10. The molecule has 3 unspecified atom stereocenters. The van der Waals surface area contributed by atoms with Gasteiger partial charge in [0.15, 0.2) is 0 Å². The van der Waals surface area contributed by atoms with Crippen LogP contribution in [0.25, 0.3) is 22.3 Å². The van der Waals surface area contributed by atoms with Crippen molar-refractivity contribution in [1.82, 2.24) is 0 Å². The number of aliphatic carboxylic acids is 1. The number of aryl methyl sites for hydroxylation is 1. The van der Waals surface area contributed by atoms with Gasteiger partial charge in [0.1, 0.15) is 37.9 Å². The molecule has 10 heteroatoms. The zero-order valence-electron chi connectivity index (χ0n) is 30.5. The number of carbonyl (C=O) groups is 4. The highest BCUT2D eigenvalue weighted by Gasteiger charge is 2.52. The minimum absolute atomic E-state index is 0.0192. The Morgan fingerprint density at radius 2 is 1.12 bits per heavy atom. The smallest absolute Gasteiger partial charge is 0.339 e. The zero-order chi connectivity index (χ0) is 39.0. The maximum absolute atomic E-state index is 12.8. The van der Waals surface area contributed by atoms with Gasteiger partial charge in [-0.2, -0.15) is 0 Å². The molecule has 0 saturated heterocycles. The van der Waals surface area contributed by atoms with Gasteiger partial charge in [0.25, 0.3) is 0 Å². The highest BCUT2D eigenvalue weighted by atomic mass is 16.6. The molecule has 10 nitrogen and oxygen atoms in total. The normalized spacial score (nSPS) is 18.3. The molecule has 2 N–H and O–H groups in total. The second-order valence-corrected chi connectivity index (χ2v) is 14.1. The van der Waals surface area contributed by atoms with Crippen LogP contribution in [0, 0.1) is 18.8 Å². The average Bonchev–Trinajstić information content (AvgIpc) is 3.67. The molecule has 0 heterocycles. The van der Waals surface area contributed by atoms with Crippen LogP contribution >= 0.6 is 0 Å². The SMILES string of the molecule is Cc1ccc(C(=O)OCCOc2ccc3c(c2)C2(c4ccccc4-3)c3ccccc3-c3ccc(OCCOC(=O)C4CC=CCC4C(=O)O)cc32)c(C(=O)O)c1. The Labute approximate surface area is 322 Å². The van der Waals surface area contributed by atoms with Crippen molar-refractivity contribution in [3.8, 4) is 33.8 Å². The molecule has 3 aliphatic carbocycles. The largest absolute Gasteiger partial charge is 0.490 e. The molecule has 56 heavy (non-hydrogen) atoms. The van der Waals surface area contributed by atoms with Gasteiger partial charge in [-0.3, -0.25) is 9.59 Å². The quantitative estimate of drug-likeness (QED) is 0.0719. The molecule has 5 aromatic carbocycles. The van der Waals surface area contributed by atoms with E-state index in [1.807, 2.05) is 60.7 Å². The van der Waals surface area contributed by atoms with Crippen LogP contribution in [-0.2, 0) is 24.5 Å².